The Morgan fingerprint density at radius 1 is 0.528 bits per heavy atom. The molecule has 0 saturated carbocycles. The van der Waals surface area contributed by atoms with E-state index in [1.807, 2.05) is 12.2 Å². The number of phosphoric ester groups is 1. The lowest BCUT2D eigenvalue weighted by Crippen LogP contribution is -2.29. The van der Waals surface area contributed by atoms with Gasteiger partial charge in [-0.2, -0.15) is 0 Å². The van der Waals surface area contributed by atoms with E-state index >= 15 is 0 Å². The molecular weight excluding hydrogens is 687 g/mol. The molecule has 0 saturated heterocycles. The summed E-state index contributed by atoms with van der Waals surface area (Å²) in [7, 11) is -4.31. The third-order valence-corrected chi connectivity index (χ3v) is 8.70. The lowest BCUT2D eigenvalue weighted by Gasteiger charge is -2.19. The van der Waals surface area contributed by atoms with E-state index in [4.69, 9.17) is 18.5 Å². The Morgan fingerprint density at radius 3 is 1.53 bits per heavy atom. The van der Waals surface area contributed by atoms with Crippen molar-refractivity contribution < 1.29 is 37.6 Å². The van der Waals surface area contributed by atoms with Gasteiger partial charge in [-0.05, 0) is 84.0 Å². The predicted molar refractivity (Wildman–Crippen MR) is 220 cm³/mol. The van der Waals surface area contributed by atoms with Crippen molar-refractivity contribution in [2.45, 2.75) is 149 Å². The van der Waals surface area contributed by atoms with Crippen LogP contribution in [0.4, 0.5) is 0 Å². The van der Waals surface area contributed by atoms with E-state index in [2.05, 4.69) is 98.9 Å². The van der Waals surface area contributed by atoms with Gasteiger partial charge in [0.25, 0.3) is 0 Å². The zero-order valence-electron chi connectivity index (χ0n) is 33.1. The molecule has 0 aliphatic rings. The second-order valence-corrected chi connectivity index (χ2v) is 14.0. The lowest BCUT2D eigenvalue weighted by molar-refractivity contribution is -0.161. The highest BCUT2D eigenvalue weighted by molar-refractivity contribution is 7.47. The first kappa shape index (κ1) is 50.0. The van der Waals surface area contributed by atoms with Crippen molar-refractivity contribution in [2.75, 3.05) is 19.8 Å². The molecule has 0 aromatic rings. The van der Waals surface area contributed by atoms with Crippen LogP contribution in [0.3, 0.4) is 0 Å². The van der Waals surface area contributed by atoms with E-state index in [9.17, 15) is 19.0 Å². The van der Waals surface area contributed by atoms with Crippen LogP contribution < -0.4 is 0 Å². The molecule has 300 valence electrons. The van der Waals surface area contributed by atoms with Crippen LogP contribution in [0.5, 0.6) is 0 Å². The van der Waals surface area contributed by atoms with Crippen molar-refractivity contribution in [3.8, 4) is 0 Å². The quantitative estimate of drug-likeness (QED) is 0.0294. The number of esters is 2. The van der Waals surface area contributed by atoms with E-state index in [1.165, 1.54) is 12.8 Å². The summed E-state index contributed by atoms with van der Waals surface area (Å²) in [6, 6.07) is 0. The Balaban J connectivity index is 4.31. The highest BCUT2D eigenvalue weighted by atomic mass is 31.2. The molecule has 0 fully saturated rings. The van der Waals surface area contributed by atoms with Gasteiger partial charge < -0.3 is 14.4 Å². The molecule has 8 nitrogen and oxygen atoms in total. The van der Waals surface area contributed by atoms with Crippen molar-refractivity contribution in [1.82, 2.24) is 0 Å². The van der Waals surface area contributed by atoms with Gasteiger partial charge in [-0.1, -0.05) is 143 Å². The number of ether oxygens (including phenoxy) is 2. The Kier molecular flexibility index (Phi) is 36.5. The first-order valence-corrected chi connectivity index (χ1v) is 21.5. The summed E-state index contributed by atoms with van der Waals surface area (Å²) in [5, 5.41) is 0. The van der Waals surface area contributed by atoms with Gasteiger partial charge in [-0.3, -0.25) is 18.6 Å². The highest BCUT2D eigenvalue weighted by Crippen LogP contribution is 2.43. The van der Waals surface area contributed by atoms with E-state index in [0.29, 0.717) is 12.8 Å². The van der Waals surface area contributed by atoms with Crippen molar-refractivity contribution in [3.05, 3.63) is 97.2 Å². The van der Waals surface area contributed by atoms with Gasteiger partial charge in [0, 0.05) is 12.8 Å². The largest absolute Gasteiger partial charge is 0.472 e. The molecule has 2 unspecified atom stereocenters. The third kappa shape index (κ3) is 38.5. The van der Waals surface area contributed by atoms with Gasteiger partial charge in [0.1, 0.15) is 6.61 Å². The van der Waals surface area contributed by atoms with Crippen LogP contribution in [0.1, 0.15) is 143 Å². The summed E-state index contributed by atoms with van der Waals surface area (Å²) in [6.45, 7) is 5.18. The topological polar surface area (TPSA) is 108 Å². The fourth-order valence-electron chi connectivity index (χ4n) is 4.73. The van der Waals surface area contributed by atoms with Gasteiger partial charge >= 0.3 is 19.8 Å². The monoisotopic (exact) mass is 758 g/mol. The number of hydrogen-bond donors (Lipinski definition) is 1. The van der Waals surface area contributed by atoms with Crippen molar-refractivity contribution >= 4 is 19.8 Å². The maximum Gasteiger partial charge on any atom is 0.472 e. The minimum atomic E-state index is -4.31. The SMILES string of the molecule is CC/C=C\C/C=C\C/C=C\C/C=C\C/C=C\C/C=C\CCC(=O)OC(COC(=O)CCCCCCC/C=C\C/C=C\CCCC)COP(=O)(O)OCC. The zero-order chi connectivity index (χ0) is 38.9. The number of carbonyl (C=O) groups is 2. The average Bonchev–Trinajstić information content (AvgIpc) is 3.13. The van der Waals surface area contributed by atoms with E-state index in [0.717, 1.165) is 83.5 Å². The van der Waals surface area contributed by atoms with Gasteiger partial charge in [0.15, 0.2) is 6.10 Å². The standard InChI is InChI=1S/C44H71O8P/c1-4-7-9-11-13-15-17-19-21-22-23-24-25-27-29-31-33-35-37-39-44(46)52-42(41-51-53(47,48)50-6-3)40-49-43(45)38-36-34-32-30-28-26-20-18-16-14-12-10-8-5-2/h7,9,12-15,18-21,23-24,27,29,33,35,42H,4-6,8,10-11,16-17,22,25-26,28,30-32,34,36-41H2,1-3H3,(H,47,48)/b9-7-,14-12-,15-13-,20-18-,21-19-,24-23-,29-27-,35-33-. The molecule has 9 heteroatoms. The zero-order valence-corrected chi connectivity index (χ0v) is 34.0. The molecule has 0 bridgehead atoms. The summed E-state index contributed by atoms with van der Waals surface area (Å²) in [5.74, 6) is -0.924. The molecule has 0 aromatic carbocycles. The molecule has 2 atom stereocenters. The third-order valence-electron chi connectivity index (χ3n) is 7.64. The molecule has 0 aliphatic heterocycles. The number of rotatable bonds is 35. The minimum Gasteiger partial charge on any atom is -0.462 e. The van der Waals surface area contributed by atoms with E-state index in [-0.39, 0.29) is 26.1 Å². The first-order valence-electron chi connectivity index (χ1n) is 20.0. The van der Waals surface area contributed by atoms with E-state index < -0.39 is 32.5 Å². The second kappa shape index (κ2) is 38.7. The van der Waals surface area contributed by atoms with Gasteiger partial charge in [0.05, 0.1) is 13.2 Å². The van der Waals surface area contributed by atoms with Crippen LogP contribution in [0.15, 0.2) is 97.2 Å². The highest BCUT2D eigenvalue weighted by Gasteiger charge is 2.25. The van der Waals surface area contributed by atoms with Crippen LogP contribution in [-0.2, 0) is 32.7 Å². The van der Waals surface area contributed by atoms with Crippen LogP contribution in [-0.4, -0.2) is 42.8 Å². The molecule has 0 radical (unpaired) electrons. The Bertz CT molecular complexity index is 1180. The Morgan fingerprint density at radius 2 is 1.00 bits per heavy atom. The number of hydrogen-bond acceptors (Lipinski definition) is 7. The molecule has 1 N–H and O–H groups in total. The summed E-state index contributed by atoms with van der Waals surface area (Å²) >= 11 is 0. The van der Waals surface area contributed by atoms with E-state index in [1.54, 1.807) is 6.92 Å². The van der Waals surface area contributed by atoms with Gasteiger partial charge in [-0.15, -0.1) is 0 Å². The normalized spacial score (nSPS) is 14.4. The second-order valence-electron chi connectivity index (χ2n) is 12.6. The molecule has 0 heterocycles. The molecule has 0 aromatic heterocycles. The molecule has 0 rings (SSSR count). The molecule has 0 spiro atoms. The minimum absolute atomic E-state index is 0.0212. The van der Waals surface area contributed by atoms with Crippen molar-refractivity contribution in [3.63, 3.8) is 0 Å². The number of allylic oxidation sites excluding steroid dienone is 16. The van der Waals surface area contributed by atoms with Gasteiger partial charge in [0.2, 0.25) is 0 Å². The number of carbonyl (C=O) groups excluding carboxylic acids is 2. The Hall–Kier alpha value is -3.03. The van der Waals surface area contributed by atoms with Gasteiger partial charge in [-0.25, -0.2) is 4.57 Å². The number of unbranched alkanes of at least 4 members (excludes halogenated alkanes) is 7. The van der Waals surface area contributed by atoms with Crippen LogP contribution in [0, 0.1) is 0 Å². The summed E-state index contributed by atoms with van der Waals surface area (Å²) in [6.07, 6.45) is 50.4. The molecule has 0 amide bonds. The molecule has 53 heavy (non-hydrogen) atoms. The average molecular weight is 759 g/mol. The predicted octanol–water partition coefficient (Wildman–Crippen LogP) is 12.5. The lowest BCUT2D eigenvalue weighted by atomic mass is 10.1. The summed E-state index contributed by atoms with van der Waals surface area (Å²) in [4.78, 5) is 34.6. The van der Waals surface area contributed by atoms with Crippen molar-refractivity contribution in [1.29, 1.82) is 0 Å². The first-order chi connectivity index (χ1) is 25.8. The fourth-order valence-corrected chi connectivity index (χ4v) is 5.48. The molecular formula is C44H71O8P. The summed E-state index contributed by atoms with van der Waals surface area (Å²) in [5.41, 5.74) is 0. The fraction of sp³-hybridized carbons (Fsp3) is 0.591. The number of phosphoric acid groups is 1. The molecule has 0 aliphatic carbocycles. The van der Waals surface area contributed by atoms with Crippen LogP contribution in [0.25, 0.3) is 0 Å². The maximum absolute atomic E-state index is 12.5. The Labute approximate surface area is 322 Å². The van der Waals surface area contributed by atoms with Crippen LogP contribution in [0.2, 0.25) is 0 Å². The smallest absolute Gasteiger partial charge is 0.462 e. The van der Waals surface area contributed by atoms with Crippen LogP contribution >= 0.6 is 7.82 Å². The van der Waals surface area contributed by atoms with Crippen molar-refractivity contribution in [2.24, 2.45) is 0 Å². The summed E-state index contributed by atoms with van der Waals surface area (Å²) < 4.78 is 32.5. The maximum atomic E-state index is 12.5.